The van der Waals surface area contributed by atoms with E-state index in [1.807, 2.05) is 0 Å². The Morgan fingerprint density at radius 2 is 1.72 bits per heavy atom. The highest BCUT2D eigenvalue weighted by Gasteiger charge is 2.44. The summed E-state index contributed by atoms with van der Waals surface area (Å²) >= 11 is 6.19. The summed E-state index contributed by atoms with van der Waals surface area (Å²) < 4.78 is 44.0. The number of hydrogen-bond donors (Lipinski definition) is 2. The number of amides is 3. The van der Waals surface area contributed by atoms with Gasteiger partial charge in [0.1, 0.15) is 23.7 Å². The first-order valence-electron chi connectivity index (χ1n) is 13.3. The van der Waals surface area contributed by atoms with Gasteiger partial charge in [-0.15, -0.1) is 0 Å². The minimum Gasteiger partial charge on any atom is -0.348 e. The van der Waals surface area contributed by atoms with E-state index >= 15 is 0 Å². The lowest BCUT2D eigenvalue weighted by Crippen LogP contribution is -2.36. The number of nitrogens with one attached hydrogen (secondary N) is 2. The molecule has 0 fully saturated rings. The Morgan fingerprint density at radius 1 is 1.00 bits per heavy atom. The molecule has 3 amide bonds. The molecule has 0 aromatic heterocycles. The maximum Gasteiger partial charge on any atom is 0.296 e. The van der Waals surface area contributed by atoms with Crippen LogP contribution in [-0.2, 0) is 32.9 Å². The van der Waals surface area contributed by atoms with Crippen molar-refractivity contribution in [1.82, 2.24) is 10.6 Å². The number of carbonyl (C=O) groups excluding carboxylic acids is 4. The zero-order valence-corrected chi connectivity index (χ0v) is 24.1. The Morgan fingerprint density at radius 3 is 2.40 bits per heavy atom. The fourth-order valence-corrected chi connectivity index (χ4v) is 4.88. The lowest BCUT2D eigenvalue weighted by molar-refractivity contribution is -0.122. The smallest absolute Gasteiger partial charge is 0.296 e. The van der Waals surface area contributed by atoms with E-state index in [2.05, 4.69) is 22.5 Å². The first-order valence-corrected chi connectivity index (χ1v) is 13.7. The van der Waals surface area contributed by atoms with Gasteiger partial charge in [-0.3, -0.25) is 14.4 Å². The van der Waals surface area contributed by atoms with Gasteiger partial charge in [-0.1, -0.05) is 29.7 Å². The Labute approximate surface area is 251 Å². The van der Waals surface area contributed by atoms with Crippen LogP contribution >= 0.6 is 11.6 Å². The molecule has 0 atom stereocenters. The molecule has 1 aliphatic rings. The van der Waals surface area contributed by atoms with Gasteiger partial charge in [0, 0.05) is 58.4 Å². The lowest BCUT2D eigenvalue weighted by Gasteiger charge is -2.21. The molecule has 4 rings (SSSR count). The minimum absolute atomic E-state index is 0.0749. The molecule has 0 spiro atoms. The van der Waals surface area contributed by atoms with E-state index < -0.39 is 46.8 Å². The molecule has 0 radical (unpaired) electrons. The highest BCUT2D eigenvalue weighted by molar-refractivity contribution is 6.31. The fraction of sp³-hybridized carbons (Fsp3) is 0.250. The van der Waals surface area contributed by atoms with Crippen LogP contribution in [0.4, 0.5) is 18.9 Å². The third-order valence-corrected chi connectivity index (χ3v) is 7.41. The van der Waals surface area contributed by atoms with Crippen LogP contribution < -0.4 is 15.5 Å². The number of hydrogen-bond acceptors (Lipinski definition) is 4. The molecule has 3 aromatic rings. The van der Waals surface area contributed by atoms with Gasteiger partial charge in [-0.2, -0.15) is 0 Å². The van der Waals surface area contributed by atoms with E-state index in [9.17, 15) is 32.3 Å². The maximum atomic E-state index is 14.7. The lowest BCUT2D eigenvalue weighted by atomic mass is 9.86. The third kappa shape index (κ3) is 6.89. The van der Waals surface area contributed by atoms with Crippen LogP contribution in [0.5, 0.6) is 0 Å². The molecule has 1 aliphatic heterocycles. The van der Waals surface area contributed by atoms with Crippen molar-refractivity contribution in [3.05, 3.63) is 98.8 Å². The average Bonchev–Trinajstić information content (AvgIpc) is 3.15. The summed E-state index contributed by atoms with van der Waals surface area (Å²) in [5, 5.41) is 5.10. The van der Waals surface area contributed by atoms with Crippen molar-refractivity contribution in [2.45, 2.75) is 45.2 Å². The van der Waals surface area contributed by atoms with Gasteiger partial charge in [0.15, 0.2) is 0 Å². The number of fused-ring (bicyclic) bond motifs is 1. The second kappa shape index (κ2) is 13.1. The number of aldehydes is 1. The zero-order valence-electron chi connectivity index (χ0n) is 23.3. The molecule has 43 heavy (non-hydrogen) atoms. The third-order valence-electron chi connectivity index (χ3n) is 7.05. The summed E-state index contributed by atoms with van der Waals surface area (Å²) in [5.41, 5.74) is -0.156. The molecular formula is C32H27ClF3N3O4. The Balaban J connectivity index is 1.49. The van der Waals surface area contributed by atoms with E-state index in [4.69, 9.17) is 11.6 Å². The van der Waals surface area contributed by atoms with Gasteiger partial charge in [-0.05, 0) is 62.2 Å². The summed E-state index contributed by atoms with van der Waals surface area (Å²) in [4.78, 5) is 49.7. The molecule has 0 unspecified atom stereocenters. The molecule has 0 saturated heterocycles. The summed E-state index contributed by atoms with van der Waals surface area (Å²) in [6, 6.07) is 10.7. The average molecular weight is 610 g/mol. The van der Waals surface area contributed by atoms with Crippen molar-refractivity contribution in [2.24, 2.45) is 0 Å². The number of rotatable bonds is 9. The van der Waals surface area contributed by atoms with Crippen LogP contribution in [-0.4, -0.2) is 30.6 Å². The maximum absolute atomic E-state index is 14.7. The Hall–Kier alpha value is -4.62. The Bertz CT molecular complexity index is 1640. The predicted octanol–water partition coefficient (Wildman–Crippen LogP) is 4.96. The summed E-state index contributed by atoms with van der Waals surface area (Å²) in [6.07, 6.45) is 1.46. The van der Waals surface area contributed by atoms with Crippen molar-refractivity contribution in [1.29, 1.82) is 0 Å². The van der Waals surface area contributed by atoms with Crippen LogP contribution in [0.1, 0.15) is 59.3 Å². The quantitative estimate of drug-likeness (QED) is 0.204. The topological polar surface area (TPSA) is 95.6 Å². The second-order valence-electron chi connectivity index (χ2n) is 10.4. The SMILES string of the molecule is CC1(C)C(=O)N(Cc2c(F)cccc2Cl)c2cc(C(=O)NCc3c(F)cc(C#CC(=O)NCCCC=O)cc3F)ccc21. The van der Waals surface area contributed by atoms with Crippen LogP contribution in [0.2, 0.25) is 5.02 Å². The molecule has 11 heteroatoms. The Kier molecular flexibility index (Phi) is 9.56. The number of carbonyl (C=O) groups is 4. The molecule has 0 saturated carbocycles. The van der Waals surface area contributed by atoms with Gasteiger partial charge < -0.3 is 20.3 Å². The molecular weight excluding hydrogens is 583 g/mol. The minimum atomic E-state index is -0.967. The molecule has 2 N–H and O–H groups in total. The summed E-state index contributed by atoms with van der Waals surface area (Å²) in [5.74, 6) is 0.491. The van der Waals surface area contributed by atoms with Gasteiger partial charge >= 0.3 is 0 Å². The molecule has 3 aromatic carbocycles. The van der Waals surface area contributed by atoms with Crippen LogP contribution in [0, 0.1) is 29.3 Å². The van der Waals surface area contributed by atoms with Gasteiger partial charge in [-0.25, -0.2) is 13.2 Å². The van der Waals surface area contributed by atoms with E-state index in [1.165, 1.54) is 35.2 Å². The second-order valence-corrected chi connectivity index (χ2v) is 10.8. The van der Waals surface area contributed by atoms with E-state index in [1.54, 1.807) is 19.9 Å². The molecule has 0 aliphatic carbocycles. The van der Waals surface area contributed by atoms with Gasteiger partial charge in [0.25, 0.3) is 11.8 Å². The first kappa shape index (κ1) is 31.3. The largest absolute Gasteiger partial charge is 0.348 e. The van der Waals surface area contributed by atoms with E-state index in [0.29, 0.717) is 17.7 Å². The van der Waals surface area contributed by atoms with Gasteiger partial charge in [0.2, 0.25) is 5.91 Å². The summed E-state index contributed by atoms with van der Waals surface area (Å²) in [7, 11) is 0. The fourth-order valence-electron chi connectivity index (χ4n) is 4.66. The van der Waals surface area contributed by atoms with Crippen LogP contribution in [0.3, 0.4) is 0 Å². The summed E-state index contributed by atoms with van der Waals surface area (Å²) in [6.45, 7) is 3.04. The molecule has 222 valence electrons. The number of benzene rings is 3. The van der Waals surface area contributed by atoms with Crippen molar-refractivity contribution < 1.29 is 32.3 Å². The highest BCUT2D eigenvalue weighted by Crippen LogP contribution is 2.43. The normalized spacial score (nSPS) is 13.2. The van der Waals surface area contributed by atoms with E-state index in [0.717, 1.165) is 18.4 Å². The van der Waals surface area contributed by atoms with Crippen molar-refractivity contribution in [3.8, 4) is 11.8 Å². The van der Waals surface area contributed by atoms with Crippen molar-refractivity contribution in [3.63, 3.8) is 0 Å². The monoisotopic (exact) mass is 609 g/mol. The zero-order chi connectivity index (χ0) is 31.3. The number of anilines is 1. The molecule has 1 heterocycles. The predicted molar refractivity (Wildman–Crippen MR) is 155 cm³/mol. The standard InChI is InChI=1S/C32H27ClF3N3O4/c1-32(2)23-10-9-20(16-28(23)39(31(32)43)18-22-24(33)6-5-7-25(22)34)30(42)38-17-21-26(35)14-19(15-27(21)36)8-11-29(41)37-12-3-4-13-40/h5-7,9-10,13-16H,3-4,12,17-18H2,1-2H3,(H,37,41)(H,38,42). The van der Waals surface area contributed by atoms with Crippen molar-refractivity contribution in [2.75, 3.05) is 11.4 Å². The first-order chi connectivity index (χ1) is 20.4. The molecule has 0 bridgehead atoms. The van der Waals surface area contributed by atoms with Crippen molar-refractivity contribution >= 4 is 41.3 Å². The highest BCUT2D eigenvalue weighted by atomic mass is 35.5. The number of nitrogens with zero attached hydrogens (tertiary/aromatic N) is 1. The van der Waals surface area contributed by atoms with E-state index in [-0.39, 0.29) is 47.1 Å². The number of unbranched alkanes of at least 4 members (excludes halogenated alkanes) is 1. The molecule has 7 nitrogen and oxygen atoms in total. The van der Waals surface area contributed by atoms with Crippen LogP contribution in [0.15, 0.2) is 48.5 Å². The van der Waals surface area contributed by atoms with Gasteiger partial charge in [0.05, 0.1) is 12.0 Å². The van der Waals surface area contributed by atoms with Crippen LogP contribution in [0.25, 0.3) is 0 Å². The number of halogens is 4.